The van der Waals surface area contributed by atoms with Crippen LogP contribution in [0, 0.1) is 0 Å². The second kappa shape index (κ2) is 8.98. The summed E-state index contributed by atoms with van der Waals surface area (Å²) in [7, 11) is -1.75. The fourth-order valence-corrected chi connectivity index (χ4v) is 4.12. The second-order valence-corrected chi connectivity index (χ2v) is 7.85. The van der Waals surface area contributed by atoms with E-state index in [-0.39, 0.29) is 17.3 Å². The maximum Gasteiger partial charge on any atom is 0.243 e. The molecule has 0 unspecified atom stereocenters. The topological polar surface area (TPSA) is 82.9 Å². The lowest BCUT2D eigenvalue weighted by Gasteiger charge is -2.19. The number of anilines is 1. The first-order valence-electron chi connectivity index (χ1n) is 8.47. The van der Waals surface area contributed by atoms with Gasteiger partial charge in [-0.2, -0.15) is 4.31 Å². The molecule has 7 nitrogen and oxygen atoms in total. The van der Waals surface area contributed by atoms with Crippen LogP contribution in [0.4, 0.5) is 5.69 Å². The summed E-state index contributed by atoms with van der Waals surface area (Å²) in [5, 5.41) is 2.75. The third-order valence-electron chi connectivity index (χ3n) is 3.88. The summed E-state index contributed by atoms with van der Waals surface area (Å²) >= 11 is 0. The van der Waals surface area contributed by atoms with Gasteiger partial charge in [-0.15, -0.1) is 0 Å². The molecule has 0 saturated carbocycles. The number of nitrogens with one attached hydrogen (secondary N) is 1. The quantitative estimate of drug-likeness (QED) is 0.723. The van der Waals surface area contributed by atoms with Crippen molar-refractivity contribution < 1.29 is 17.6 Å². The van der Waals surface area contributed by atoms with Crippen molar-refractivity contribution in [3.05, 3.63) is 48.4 Å². The summed E-state index contributed by atoms with van der Waals surface area (Å²) < 4.78 is 31.8. The van der Waals surface area contributed by atoms with Crippen molar-refractivity contribution in [2.24, 2.45) is 0 Å². The first-order chi connectivity index (χ1) is 12.4. The predicted octanol–water partition coefficient (Wildman–Crippen LogP) is 2.38. The Morgan fingerprint density at radius 1 is 1.15 bits per heavy atom. The molecule has 0 radical (unpaired) electrons. The summed E-state index contributed by atoms with van der Waals surface area (Å²) in [4.78, 5) is 14.2. The van der Waals surface area contributed by atoms with E-state index < -0.39 is 10.0 Å². The number of hydrogen-bond acceptors (Lipinski definition) is 5. The molecule has 0 bridgehead atoms. The number of furan rings is 1. The minimum Gasteiger partial charge on any atom is -0.468 e. The van der Waals surface area contributed by atoms with Gasteiger partial charge in [0.25, 0.3) is 0 Å². The molecule has 1 amide bonds. The maximum atomic E-state index is 12.6. The molecule has 0 fully saturated rings. The van der Waals surface area contributed by atoms with Crippen molar-refractivity contribution in [1.82, 2.24) is 9.21 Å². The van der Waals surface area contributed by atoms with Gasteiger partial charge in [0, 0.05) is 18.8 Å². The van der Waals surface area contributed by atoms with E-state index in [0.717, 1.165) is 5.76 Å². The van der Waals surface area contributed by atoms with Crippen LogP contribution in [0.1, 0.15) is 19.6 Å². The normalized spacial score (nSPS) is 11.9. The van der Waals surface area contributed by atoms with Crippen LogP contribution in [0.2, 0.25) is 0 Å². The summed E-state index contributed by atoms with van der Waals surface area (Å²) in [5.41, 5.74) is 0.453. The summed E-state index contributed by atoms with van der Waals surface area (Å²) in [6.45, 7) is 5.05. The van der Waals surface area contributed by atoms with Gasteiger partial charge in [0.15, 0.2) is 0 Å². The lowest BCUT2D eigenvalue weighted by Crippen LogP contribution is -2.31. The molecule has 2 aromatic rings. The van der Waals surface area contributed by atoms with Gasteiger partial charge in [0.2, 0.25) is 15.9 Å². The number of nitrogens with zero attached hydrogens (tertiary/aromatic N) is 2. The van der Waals surface area contributed by atoms with Gasteiger partial charge in [-0.1, -0.05) is 19.9 Å². The van der Waals surface area contributed by atoms with Crippen LogP contribution in [0.25, 0.3) is 0 Å². The van der Waals surface area contributed by atoms with Gasteiger partial charge in [-0.05, 0) is 37.4 Å². The Morgan fingerprint density at radius 3 is 2.50 bits per heavy atom. The Kier molecular flexibility index (Phi) is 6.96. The number of rotatable bonds is 9. The van der Waals surface area contributed by atoms with Crippen LogP contribution < -0.4 is 5.32 Å². The number of amides is 1. The van der Waals surface area contributed by atoms with Gasteiger partial charge in [-0.3, -0.25) is 9.69 Å². The van der Waals surface area contributed by atoms with E-state index in [9.17, 15) is 13.2 Å². The third-order valence-corrected chi connectivity index (χ3v) is 5.93. The van der Waals surface area contributed by atoms with Crippen molar-refractivity contribution in [2.75, 3.05) is 32.0 Å². The highest BCUT2D eigenvalue weighted by atomic mass is 32.2. The number of hydrogen-bond donors (Lipinski definition) is 1. The van der Waals surface area contributed by atoms with E-state index in [4.69, 9.17) is 4.42 Å². The Labute approximate surface area is 154 Å². The zero-order chi connectivity index (χ0) is 19.2. The Balaban J connectivity index is 2.02. The molecule has 142 valence electrons. The number of carbonyl (C=O) groups excluding carboxylic acids is 1. The maximum absolute atomic E-state index is 12.6. The molecule has 0 atom stereocenters. The van der Waals surface area contributed by atoms with Crippen molar-refractivity contribution in [2.45, 2.75) is 25.3 Å². The molecular formula is C18H25N3O4S. The highest BCUT2D eigenvalue weighted by Crippen LogP contribution is 2.19. The molecule has 8 heteroatoms. The van der Waals surface area contributed by atoms with Gasteiger partial charge in [0.05, 0.1) is 24.2 Å². The molecule has 0 saturated heterocycles. The molecule has 1 aromatic carbocycles. The van der Waals surface area contributed by atoms with E-state index in [1.165, 1.54) is 16.4 Å². The first kappa shape index (κ1) is 20.2. The molecule has 1 heterocycles. The zero-order valence-electron chi connectivity index (χ0n) is 15.3. The molecule has 0 aliphatic carbocycles. The smallest absolute Gasteiger partial charge is 0.243 e. The van der Waals surface area contributed by atoms with Crippen LogP contribution in [0.5, 0.6) is 0 Å². The fraction of sp³-hybridized carbons (Fsp3) is 0.389. The lowest BCUT2D eigenvalue weighted by atomic mass is 10.3. The van der Waals surface area contributed by atoms with Gasteiger partial charge in [-0.25, -0.2) is 8.42 Å². The molecule has 0 aliphatic rings. The summed E-state index contributed by atoms with van der Waals surface area (Å²) in [6, 6.07) is 9.95. The highest BCUT2D eigenvalue weighted by Gasteiger charge is 2.21. The second-order valence-electron chi connectivity index (χ2n) is 5.92. The number of benzene rings is 1. The third kappa shape index (κ3) is 5.17. The molecule has 0 aliphatic heterocycles. The Morgan fingerprint density at radius 2 is 1.88 bits per heavy atom. The number of likely N-dealkylation sites (N-methyl/N-ethyl adjacent to an activating group) is 1. The van der Waals surface area contributed by atoms with Crippen LogP contribution in [0.3, 0.4) is 0 Å². The first-order valence-corrected chi connectivity index (χ1v) is 9.91. The monoisotopic (exact) mass is 379 g/mol. The Bertz CT molecular complexity index is 815. The highest BCUT2D eigenvalue weighted by molar-refractivity contribution is 7.89. The molecule has 1 N–H and O–H groups in total. The summed E-state index contributed by atoms with van der Waals surface area (Å²) in [5.74, 6) is 0.545. The minimum absolute atomic E-state index is 0.160. The standard InChI is InChI=1S/C18H25N3O4S/c1-4-21(5-2)26(23,24)17-10-6-8-15(12-17)19-18(22)14-20(3)13-16-9-7-11-25-16/h6-12H,4-5,13-14H2,1-3H3,(H,19,22). The average molecular weight is 379 g/mol. The minimum atomic E-state index is -3.56. The van der Waals surface area contributed by atoms with Crippen molar-refractivity contribution >= 4 is 21.6 Å². The van der Waals surface area contributed by atoms with E-state index in [2.05, 4.69) is 5.32 Å². The molecule has 26 heavy (non-hydrogen) atoms. The van der Waals surface area contributed by atoms with Gasteiger partial charge in [0.1, 0.15) is 5.76 Å². The predicted molar refractivity (Wildman–Crippen MR) is 100 cm³/mol. The van der Waals surface area contributed by atoms with Crippen molar-refractivity contribution in [3.63, 3.8) is 0 Å². The van der Waals surface area contributed by atoms with Crippen molar-refractivity contribution in [1.29, 1.82) is 0 Å². The van der Waals surface area contributed by atoms with Crippen LogP contribution in [-0.2, 0) is 21.4 Å². The van der Waals surface area contributed by atoms with E-state index in [0.29, 0.717) is 25.3 Å². The molecular weight excluding hydrogens is 354 g/mol. The average Bonchev–Trinajstić information content (AvgIpc) is 3.08. The lowest BCUT2D eigenvalue weighted by molar-refractivity contribution is -0.117. The molecule has 0 spiro atoms. The summed E-state index contributed by atoms with van der Waals surface area (Å²) in [6.07, 6.45) is 1.59. The Hall–Kier alpha value is -2.16. The molecule has 2 rings (SSSR count). The SMILES string of the molecule is CCN(CC)S(=O)(=O)c1cccc(NC(=O)CN(C)Cc2ccco2)c1. The van der Waals surface area contributed by atoms with Crippen LogP contribution >= 0.6 is 0 Å². The van der Waals surface area contributed by atoms with Gasteiger partial charge >= 0.3 is 0 Å². The van der Waals surface area contributed by atoms with Gasteiger partial charge < -0.3 is 9.73 Å². The zero-order valence-corrected chi connectivity index (χ0v) is 16.1. The van der Waals surface area contributed by atoms with Crippen LogP contribution in [0.15, 0.2) is 52.0 Å². The number of carbonyl (C=O) groups is 1. The molecule has 1 aromatic heterocycles. The fourth-order valence-electron chi connectivity index (χ4n) is 2.62. The van der Waals surface area contributed by atoms with E-state index in [1.807, 2.05) is 18.0 Å². The number of sulfonamides is 1. The van der Waals surface area contributed by atoms with E-state index in [1.54, 1.807) is 38.3 Å². The van der Waals surface area contributed by atoms with Crippen LogP contribution in [-0.4, -0.2) is 50.2 Å². The van der Waals surface area contributed by atoms with Crippen molar-refractivity contribution in [3.8, 4) is 0 Å². The largest absolute Gasteiger partial charge is 0.468 e. The van der Waals surface area contributed by atoms with E-state index >= 15 is 0 Å².